The van der Waals surface area contributed by atoms with Gasteiger partial charge in [0.15, 0.2) is 0 Å². The first-order valence-corrected chi connectivity index (χ1v) is 7.92. The van der Waals surface area contributed by atoms with Crippen molar-refractivity contribution in [1.82, 2.24) is 15.1 Å². The molecule has 0 spiro atoms. The molecule has 3 atom stereocenters. The fraction of sp³-hybridized carbons (Fsp3) is 1.00. The lowest BCUT2D eigenvalue weighted by Gasteiger charge is -2.42. The molecule has 0 amide bonds. The monoisotopic (exact) mass is 253 g/mol. The molecule has 2 saturated heterocycles. The first-order valence-electron chi connectivity index (χ1n) is 7.92. The molecule has 0 aromatic heterocycles. The lowest BCUT2D eigenvalue weighted by atomic mass is 9.90. The third-order valence-corrected chi connectivity index (χ3v) is 4.91. The second-order valence-corrected chi connectivity index (χ2v) is 6.19. The van der Waals surface area contributed by atoms with E-state index in [-0.39, 0.29) is 0 Å². The SMILES string of the molecule is CCC1CCNC(CN2CCN(CC)C(C)C2)C1. The Labute approximate surface area is 113 Å². The summed E-state index contributed by atoms with van der Waals surface area (Å²) in [6, 6.07) is 1.47. The van der Waals surface area contributed by atoms with Crippen molar-refractivity contribution in [1.29, 1.82) is 0 Å². The van der Waals surface area contributed by atoms with Gasteiger partial charge >= 0.3 is 0 Å². The predicted molar refractivity (Wildman–Crippen MR) is 78.0 cm³/mol. The molecule has 2 aliphatic heterocycles. The first kappa shape index (κ1) is 14.3. The van der Waals surface area contributed by atoms with E-state index >= 15 is 0 Å². The zero-order valence-corrected chi connectivity index (χ0v) is 12.5. The molecule has 0 saturated carbocycles. The van der Waals surface area contributed by atoms with E-state index in [1.54, 1.807) is 0 Å². The molecule has 3 nitrogen and oxygen atoms in total. The second-order valence-electron chi connectivity index (χ2n) is 6.19. The molecule has 0 bridgehead atoms. The van der Waals surface area contributed by atoms with Gasteiger partial charge in [-0.3, -0.25) is 9.80 Å². The summed E-state index contributed by atoms with van der Waals surface area (Å²) in [4.78, 5) is 5.27. The second kappa shape index (κ2) is 6.88. The van der Waals surface area contributed by atoms with Crippen LogP contribution in [-0.4, -0.2) is 61.2 Å². The minimum atomic E-state index is 0.731. The van der Waals surface area contributed by atoms with Gasteiger partial charge in [0, 0.05) is 38.3 Å². The van der Waals surface area contributed by atoms with Crippen LogP contribution >= 0.6 is 0 Å². The molecule has 2 heterocycles. The van der Waals surface area contributed by atoms with Crippen molar-refractivity contribution in [2.24, 2.45) is 5.92 Å². The highest BCUT2D eigenvalue weighted by molar-refractivity contribution is 4.84. The summed E-state index contributed by atoms with van der Waals surface area (Å²) >= 11 is 0. The van der Waals surface area contributed by atoms with E-state index in [1.807, 2.05) is 0 Å². The summed E-state index contributed by atoms with van der Waals surface area (Å²) in [5.41, 5.74) is 0. The van der Waals surface area contributed by atoms with Crippen molar-refractivity contribution < 1.29 is 0 Å². The van der Waals surface area contributed by atoms with Gasteiger partial charge in [0.05, 0.1) is 0 Å². The lowest BCUT2D eigenvalue weighted by molar-refractivity contribution is 0.0757. The summed E-state index contributed by atoms with van der Waals surface area (Å²) in [7, 11) is 0. The van der Waals surface area contributed by atoms with E-state index in [2.05, 4.69) is 35.9 Å². The fourth-order valence-corrected chi connectivity index (χ4v) is 3.62. The topological polar surface area (TPSA) is 18.5 Å². The Morgan fingerprint density at radius 2 is 2.06 bits per heavy atom. The highest BCUT2D eigenvalue weighted by Gasteiger charge is 2.26. The molecule has 1 N–H and O–H groups in total. The van der Waals surface area contributed by atoms with Crippen molar-refractivity contribution in [2.75, 3.05) is 39.3 Å². The molecule has 0 radical (unpaired) electrons. The molecule has 3 heteroatoms. The molecule has 2 rings (SSSR count). The Kier molecular flexibility index (Phi) is 5.46. The van der Waals surface area contributed by atoms with Gasteiger partial charge in [-0.1, -0.05) is 20.3 Å². The molecule has 0 aliphatic carbocycles. The average molecular weight is 253 g/mol. The normalized spacial score (nSPS) is 35.8. The van der Waals surface area contributed by atoms with Crippen molar-refractivity contribution in [3.05, 3.63) is 0 Å². The average Bonchev–Trinajstić information content (AvgIpc) is 2.39. The minimum Gasteiger partial charge on any atom is -0.313 e. The third kappa shape index (κ3) is 3.69. The van der Waals surface area contributed by atoms with Crippen LogP contribution < -0.4 is 5.32 Å². The van der Waals surface area contributed by atoms with Crippen LogP contribution in [0, 0.1) is 5.92 Å². The van der Waals surface area contributed by atoms with Gasteiger partial charge in [0.2, 0.25) is 0 Å². The van der Waals surface area contributed by atoms with E-state index in [9.17, 15) is 0 Å². The van der Waals surface area contributed by atoms with Crippen LogP contribution in [-0.2, 0) is 0 Å². The zero-order valence-electron chi connectivity index (χ0n) is 12.5. The van der Waals surface area contributed by atoms with Gasteiger partial charge in [-0.2, -0.15) is 0 Å². The van der Waals surface area contributed by atoms with Gasteiger partial charge in [0.1, 0.15) is 0 Å². The van der Waals surface area contributed by atoms with Crippen LogP contribution in [0.2, 0.25) is 0 Å². The standard InChI is InChI=1S/C15H31N3/c1-4-14-6-7-16-15(10-14)12-17-8-9-18(5-2)13(3)11-17/h13-16H,4-12H2,1-3H3. The van der Waals surface area contributed by atoms with Gasteiger partial charge in [-0.05, 0) is 38.8 Å². The highest BCUT2D eigenvalue weighted by atomic mass is 15.3. The summed E-state index contributed by atoms with van der Waals surface area (Å²) in [6.45, 7) is 14.5. The molecule has 106 valence electrons. The third-order valence-electron chi connectivity index (χ3n) is 4.91. The van der Waals surface area contributed by atoms with Crippen LogP contribution in [0.15, 0.2) is 0 Å². The van der Waals surface area contributed by atoms with Crippen molar-refractivity contribution in [2.45, 2.75) is 52.1 Å². The molecule has 3 unspecified atom stereocenters. The molecule has 18 heavy (non-hydrogen) atoms. The Morgan fingerprint density at radius 1 is 1.22 bits per heavy atom. The number of hydrogen-bond acceptors (Lipinski definition) is 3. The number of rotatable bonds is 4. The van der Waals surface area contributed by atoms with Gasteiger partial charge in [-0.15, -0.1) is 0 Å². The molecular formula is C15H31N3. The Hall–Kier alpha value is -0.120. The smallest absolute Gasteiger partial charge is 0.0197 e. The number of nitrogens with one attached hydrogen (secondary N) is 1. The Balaban J connectivity index is 1.76. The van der Waals surface area contributed by atoms with Crippen LogP contribution in [0.5, 0.6) is 0 Å². The fourth-order valence-electron chi connectivity index (χ4n) is 3.62. The van der Waals surface area contributed by atoms with E-state index in [1.165, 1.54) is 58.5 Å². The summed E-state index contributed by atoms with van der Waals surface area (Å²) in [6.07, 6.45) is 4.13. The molecular weight excluding hydrogens is 222 g/mol. The maximum absolute atomic E-state index is 3.72. The van der Waals surface area contributed by atoms with Crippen LogP contribution in [0.1, 0.15) is 40.0 Å². The Bertz CT molecular complexity index is 244. The van der Waals surface area contributed by atoms with Gasteiger partial charge in [0.25, 0.3) is 0 Å². The minimum absolute atomic E-state index is 0.731. The summed E-state index contributed by atoms with van der Waals surface area (Å²) in [5.74, 6) is 0.964. The number of nitrogens with zero attached hydrogens (tertiary/aromatic N) is 2. The molecule has 2 fully saturated rings. The summed E-state index contributed by atoms with van der Waals surface area (Å²) < 4.78 is 0. The largest absolute Gasteiger partial charge is 0.313 e. The van der Waals surface area contributed by atoms with E-state index in [0.717, 1.165) is 18.0 Å². The number of likely N-dealkylation sites (N-methyl/N-ethyl adjacent to an activating group) is 1. The van der Waals surface area contributed by atoms with Crippen molar-refractivity contribution >= 4 is 0 Å². The number of hydrogen-bond donors (Lipinski definition) is 1. The van der Waals surface area contributed by atoms with Gasteiger partial charge in [-0.25, -0.2) is 0 Å². The van der Waals surface area contributed by atoms with Gasteiger partial charge < -0.3 is 5.32 Å². The lowest BCUT2D eigenvalue weighted by Crippen LogP contribution is -2.55. The Morgan fingerprint density at radius 3 is 2.72 bits per heavy atom. The van der Waals surface area contributed by atoms with E-state index in [0.29, 0.717) is 0 Å². The summed E-state index contributed by atoms with van der Waals surface area (Å²) in [5, 5.41) is 3.72. The van der Waals surface area contributed by atoms with Crippen molar-refractivity contribution in [3.63, 3.8) is 0 Å². The van der Waals surface area contributed by atoms with E-state index < -0.39 is 0 Å². The maximum atomic E-state index is 3.72. The molecule has 2 aliphatic rings. The van der Waals surface area contributed by atoms with Crippen LogP contribution in [0.3, 0.4) is 0 Å². The van der Waals surface area contributed by atoms with E-state index in [4.69, 9.17) is 0 Å². The first-order chi connectivity index (χ1) is 8.72. The number of piperidine rings is 1. The molecule has 0 aromatic carbocycles. The zero-order chi connectivity index (χ0) is 13.0. The van der Waals surface area contributed by atoms with Crippen LogP contribution in [0.4, 0.5) is 0 Å². The molecule has 0 aromatic rings. The van der Waals surface area contributed by atoms with Crippen molar-refractivity contribution in [3.8, 4) is 0 Å². The number of piperazine rings is 1. The quantitative estimate of drug-likeness (QED) is 0.824. The maximum Gasteiger partial charge on any atom is 0.0197 e. The predicted octanol–water partition coefficient (Wildman–Crippen LogP) is 1.79. The van der Waals surface area contributed by atoms with Crippen LogP contribution in [0.25, 0.3) is 0 Å². The highest BCUT2D eigenvalue weighted by Crippen LogP contribution is 2.20.